The molecule has 1 aliphatic heterocycles. The third kappa shape index (κ3) is 4.18. The number of pyridine rings is 1. The zero-order chi connectivity index (χ0) is 27.1. The number of aromatic nitrogens is 2. The average Bonchev–Trinajstić information content (AvgIpc) is 3.43. The maximum absolute atomic E-state index is 14.0. The molecule has 2 aromatic heterocycles. The molecule has 0 saturated carbocycles. The van der Waals surface area contributed by atoms with Gasteiger partial charge in [-0.05, 0) is 49.2 Å². The molecule has 0 saturated heterocycles. The number of rotatable bonds is 6. The van der Waals surface area contributed by atoms with Crippen molar-refractivity contribution in [1.29, 1.82) is 0 Å². The molecule has 3 aromatic carbocycles. The first-order chi connectivity index (χ1) is 19.0. The summed E-state index contributed by atoms with van der Waals surface area (Å²) in [7, 11) is 2.07. The van der Waals surface area contributed by atoms with E-state index in [4.69, 9.17) is 0 Å². The quantitative estimate of drug-likeness (QED) is 0.312. The Morgan fingerprint density at radius 2 is 1.67 bits per heavy atom. The molecule has 0 aliphatic carbocycles. The van der Waals surface area contributed by atoms with Crippen LogP contribution in [-0.2, 0) is 18.4 Å². The van der Waals surface area contributed by atoms with Gasteiger partial charge in [-0.15, -0.1) is 0 Å². The van der Waals surface area contributed by atoms with E-state index in [0.717, 1.165) is 39.0 Å². The summed E-state index contributed by atoms with van der Waals surface area (Å²) in [5, 5.41) is 4.06. The van der Waals surface area contributed by atoms with Crippen molar-refractivity contribution in [1.82, 2.24) is 19.8 Å². The van der Waals surface area contributed by atoms with Crippen molar-refractivity contribution in [3.05, 3.63) is 125 Å². The maximum atomic E-state index is 14.0. The van der Waals surface area contributed by atoms with Gasteiger partial charge in [0.15, 0.2) is 0 Å². The smallest absolute Gasteiger partial charge is 0.255 e. The second-order valence-corrected chi connectivity index (χ2v) is 10.1. The van der Waals surface area contributed by atoms with Gasteiger partial charge in [0, 0.05) is 35.3 Å². The van der Waals surface area contributed by atoms with E-state index in [9.17, 15) is 9.59 Å². The Morgan fingerprint density at radius 3 is 2.44 bits per heavy atom. The number of para-hydroxylation sites is 1. The molecule has 2 atom stereocenters. The molecule has 6 rings (SSSR count). The summed E-state index contributed by atoms with van der Waals surface area (Å²) in [5.74, 6) is -0.359. The highest BCUT2D eigenvalue weighted by Gasteiger charge is 2.44. The fourth-order valence-corrected chi connectivity index (χ4v) is 5.74. The Kier molecular flexibility index (Phi) is 6.23. The minimum Gasteiger partial charge on any atom is -0.349 e. The number of hydrogen-bond donors (Lipinski definition) is 1. The predicted molar refractivity (Wildman–Crippen MR) is 153 cm³/mol. The van der Waals surface area contributed by atoms with E-state index in [-0.39, 0.29) is 11.8 Å². The summed E-state index contributed by atoms with van der Waals surface area (Å²) in [6.07, 6.45) is 1.70. The molecule has 5 aromatic rings. The third-order valence-electron chi connectivity index (χ3n) is 7.71. The van der Waals surface area contributed by atoms with Crippen molar-refractivity contribution < 1.29 is 9.59 Å². The highest BCUT2D eigenvalue weighted by molar-refractivity contribution is 6.04. The fraction of sp³-hybridized carbons (Fsp3) is 0.182. The first-order valence-corrected chi connectivity index (χ1v) is 13.2. The van der Waals surface area contributed by atoms with Crippen molar-refractivity contribution in [3.63, 3.8) is 0 Å². The summed E-state index contributed by atoms with van der Waals surface area (Å²) >= 11 is 0. The molecule has 0 bridgehead atoms. The number of carbonyl (C=O) groups excluding carboxylic acids is 2. The average molecular weight is 515 g/mol. The summed E-state index contributed by atoms with van der Waals surface area (Å²) < 4.78 is 2.20. The molecule has 0 spiro atoms. The number of carbonyl (C=O) groups is 2. The van der Waals surface area contributed by atoms with Crippen LogP contribution in [0.5, 0.6) is 0 Å². The first-order valence-electron chi connectivity index (χ1n) is 13.2. The lowest BCUT2D eigenvalue weighted by Crippen LogP contribution is -2.47. The SMILES string of the molecule is Cc1ccc(-c2c(C3c4ccccc4C(=O)N3C(C)C(=O)NCc3ccccn3)c3ccccc3n2C)cc1. The summed E-state index contributed by atoms with van der Waals surface area (Å²) in [5.41, 5.74) is 7.70. The summed E-state index contributed by atoms with van der Waals surface area (Å²) in [6.45, 7) is 4.18. The molecule has 39 heavy (non-hydrogen) atoms. The van der Waals surface area contributed by atoms with Crippen molar-refractivity contribution in [2.45, 2.75) is 32.5 Å². The van der Waals surface area contributed by atoms with E-state index >= 15 is 0 Å². The van der Waals surface area contributed by atoms with E-state index in [1.807, 2.05) is 54.6 Å². The Hall–Kier alpha value is -4.71. The van der Waals surface area contributed by atoms with Gasteiger partial charge in [0.25, 0.3) is 5.91 Å². The zero-order valence-electron chi connectivity index (χ0n) is 22.3. The maximum Gasteiger partial charge on any atom is 0.255 e. The fourth-order valence-electron chi connectivity index (χ4n) is 5.74. The molecule has 0 fully saturated rings. The third-order valence-corrected chi connectivity index (χ3v) is 7.71. The molecule has 6 nitrogen and oxygen atoms in total. The van der Waals surface area contributed by atoms with Gasteiger partial charge in [-0.1, -0.05) is 72.3 Å². The number of nitrogens with one attached hydrogen (secondary N) is 1. The molecule has 1 N–H and O–H groups in total. The molecule has 6 heteroatoms. The van der Waals surface area contributed by atoms with E-state index in [1.165, 1.54) is 5.56 Å². The standard InChI is InChI=1S/C33H30N4O2/c1-21-15-17-23(18-16-21)30-29(27-13-6-7-14-28(27)36(30)3)31-25-11-4-5-12-26(25)33(39)37(31)22(2)32(38)35-20-24-10-8-9-19-34-24/h4-19,22,31H,20H2,1-3H3,(H,35,38). The second-order valence-electron chi connectivity index (χ2n) is 10.1. The van der Waals surface area contributed by atoms with E-state index < -0.39 is 12.1 Å². The molecular weight excluding hydrogens is 484 g/mol. The topological polar surface area (TPSA) is 67.2 Å². The van der Waals surface area contributed by atoms with Crippen molar-refractivity contribution >= 4 is 22.7 Å². The van der Waals surface area contributed by atoms with Crippen molar-refractivity contribution in [3.8, 4) is 11.3 Å². The van der Waals surface area contributed by atoms with Gasteiger partial charge in [0.05, 0.1) is 24.0 Å². The Balaban J connectivity index is 1.50. The number of nitrogens with zero attached hydrogens (tertiary/aromatic N) is 3. The van der Waals surface area contributed by atoms with Gasteiger partial charge >= 0.3 is 0 Å². The minimum absolute atomic E-state index is 0.140. The van der Waals surface area contributed by atoms with Crippen LogP contribution in [0.2, 0.25) is 0 Å². The largest absolute Gasteiger partial charge is 0.349 e. The Bertz CT molecular complexity index is 1690. The monoisotopic (exact) mass is 514 g/mol. The molecule has 1 aliphatic rings. The van der Waals surface area contributed by atoms with Crippen molar-refractivity contribution in [2.24, 2.45) is 7.05 Å². The van der Waals surface area contributed by atoms with Crippen LogP contribution < -0.4 is 5.32 Å². The minimum atomic E-state index is -0.705. The van der Waals surface area contributed by atoms with Crippen LogP contribution >= 0.6 is 0 Å². The predicted octanol–water partition coefficient (Wildman–Crippen LogP) is 5.80. The Labute approximate surface area is 227 Å². The molecule has 0 radical (unpaired) electrons. The summed E-state index contributed by atoms with van der Waals surface area (Å²) in [4.78, 5) is 33.5. The van der Waals surface area contributed by atoms with Crippen LogP contribution in [0.1, 0.15) is 45.7 Å². The van der Waals surface area contributed by atoms with Gasteiger partial charge in [-0.3, -0.25) is 14.6 Å². The van der Waals surface area contributed by atoms with Crippen LogP contribution in [0.4, 0.5) is 0 Å². The van der Waals surface area contributed by atoms with Crippen LogP contribution in [-0.4, -0.2) is 32.3 Å². The van der Waals surface area contributed by atoms with E-state index in [2.05, 4.69) is 65.2 Å². The first kappa shape index (κ1) is 24.6. The highest BCUT2D eigenvalue weighted by Crippen LogP contribution is 2.47. The number of aryl methyl sites for hydroxylation is 2. The van der Waals surface area contributed by atoms with E-state index in [0.29, 0.717) is 12.1 Å². The van der Waals surface area contributed by atoms with Crippen molar-refractivity contribution in [2.75, 3.05) is 0 Å². The number of hydrogen-bond acceptors (Lipinski definition) is 3. The van der Waals surface area contributed by atoms with Gasteiger partial charge < -0.3 is 14.8 Å². The number of benzene rings is 3. The van der Waals surface area contributed by atoms with Crippen LogP contribution in [0.15, 0.2) is 97.2 Å². The number of amides is 2. The summed E-state index contributed by atoms with van der Waals surface area (Å²) in [6, 6.07) is 28.9. The van der Waals surface area contributed by atoms with Gasteiger partial charge in [0.1, 0.15) is 6.04 Å². The molecule has 2 amide bonds. The highest BCUT2D eigenvalue weighted by atomic mass is 16.2. The van der Waals surface area contributed by atoms with Gasteiger partial charge in [-0.25, -0.2) is 0 Å². The lowest BCUT2D eigenvalue weighted by Gasteiger charge is -2.31. The zero-order valence-corrected chi connectivity index (χ0v) is 22.3. The van der Waals surface area contributed by atoms with Gasteiger partial charge in [0.2, 0.25) is 5.91 Å². The molecule has 194 valence electrons. The lowest BCUT2D eigenvalue weighted by molar-refractivity contribution is -0.125. The molecular formula is C33H30N4O2. The van der Waals surface area contributed by atoms with Crippen LogP contribution in [0, 0.1) is 6.92 Å². The van der Waals surface area contributed by atoms with Crippen LogP contribution in [0.25, 0.3) is 22.2 Å². The number of fused-ring (bicyclic) bond motifs is 2. The molecule has 2 unspecified atom stereocenters. The normalized spacial score (nSPS) is 15.4. The van der Waals surface area contributed by atoms with Crippen LogP contribution in [0.3, 0.4) is 0 Å². The second kappa shape index (κ2) is 9.87. The Morgan fingerprint density at radius 1 is 0.949 bits per heavy atom. The lowest BCUT2D eigenvalue weighted by atomic mass is 9.92. The van der Waals surface area contributed by atoms with Gasteiger partial charge in [-0.2, -0.15) is 0 Å². The molecule has 3 heterocycles. The van der Waals surface area contributed by atoms with E-state index in [1.54, 1.807) is 18.0 Å².